The van der Waals surface area contributed by atoms with Crippen molar-refractivity contribution in [2.24, 2.45) is 4.99 Å². The number of hydrogen-bond donors (Lipinski definition) is 2. The molecular weight excluding hydrogens is 472 g/mol. The summed E-state index contributed by atoms with van der Waals surface area (Å²) >= 11 is 1.05. The Hall–Kier alpha value is -3.11. The van der Waals surface area contributed by atoms with Crippen molar-refractivity contribution in [1.29, 1.82) is 0 Å². The van der Waals surface area contributed by atoms with E-state index in [0.29, 0.717) is 11.5 Å². The van der Waals surface area contributed by atoms with Gasteiger partial charge in [0.15, 0.2) is 12.0 Å². The summed E-state index contributed by atoms with van der Waals surface area (Å²) in [5.74, 6) is -0.291. The normalized spacial score (nSPS) is 28.9. The van der Waals surface area contributed by atoms with Gasteiger partial charge in [0.05, 0.1) is 40.1 Å². The van der Waals surface area contributed by atoms with Gasteiger partial charge in [-0.1, -0.05) is 11.8 Å². The summed E-state index contributed by atoms with van der Waals surface area (Å²) in [4.78, 5) is 30.2. The molecule has 0 spiro atoms. The SMILES string of the molecule is CC1(C)O[C@@H]2[C@H](O1)[C@@H](CO)O[C@H]2n1cnc2c1NC=NC2Sc1ccc([N+](=O)[O-])cc1[N+](=O)[O-]. The number of anilines is 1. The highest BCUT2D eigenvalue weighted by Gasteiger charge is 2.56. The quantitative estimate of drug-likeness (QED) is 0.447. The maximum Gasteiger partial charge on any atom is 0.289 e. The van der Waals surface area contributed by atoms with Crippen LogP contribution < -0.4 is 5.32 Å². The highest BCUT2D eigenvalue weighted by atomic mass is 32.2. The lowest BCUT2D eigenvalue weighted by Gasteiger charge is -2.26. The lowest BCUT2D eigenvalue weighted by atomic mass is 10.1. The van der Waals surface area contributed by atoms with E-state index in [2.05, 4.69) is 15.3 Å². The summed E-state index contributed by atoms with van der Waals surface area (Å²) < 4.78 is 19.6. The molecule has 2 aromatic rings. The van der Waals surface area contributed by atoms with Gasteiger partial charge < -0.3 is 24.6 Å². The van der Waals surface area contributed by atoms with Crippen LogP contribution in [0.4, 0.5) is 17.2 Å². The van der Waals surface area contributed by atoms with E-state index in [9.17, 15) is 25.3 Å². The molecule has 180 valence electrons. The molecule has 0 saturated carbocycles. The van der Waals surface area contributed by atoms with Crippen LogP contribution in [-0.2, 0) is 14.2 Å². The van der Waals surface area contributed by atoms with E-state index in [1.54, 1.807) is 24.7 Å². The monoisotopic (exact) mass is 492 g/mol. The van der Waals surface area contributed by atoms with Crippen molar-refractivity contribution in [2.45, 2.75) is 54.4 Å². The zero-order valence-corrected chi connectivity index (χ0v) is 18.7. The third-order valence-electron chi connectivity index (χ3n) is 5.64. The third kappa shape index (κ3) is 3.80. The zero-order chi connectivity index (χ0) is 24.2. The van der Waals surface area contributed by atoms with Crippen molar-refractivity contribution in [1.82, 2.24) is 9.55 Å². The van der Waals surface area contributed by atoms with E-state index in [1.807, 2.05) is 0 Å². The highest BCUT2D eigenvalue weighted by Crippen LogP contribution is 2.48. The number of nitrogens with one attached hydrogen (secondary N) is 1. The summed E-state index contributed by atoms with van der Waals surface area (Å²) in [6.45, 7) is 3.33. The minimum Gasteiger partial charge on any atom is -0.394 e. The first-order valence-electron chi connectivity index (χ1n) is 10.2. The van der Waals surface area contributed by atoms with Gasteiger partial charge in [0.1, 0.15) is 35.2 Å². The van der Waals surface area contributed by atoms with Crippen LogP contribution in [0.5, 0.6) is 0 Å². The number of benzene rings is 1. The largest absolute Gasteiger partial charge is 0.394 e. The lowest BCUT2D eigenvalue weighted by Crippen LogP contribution is -2.31. The number of non-ortho nitro benzene ring substituents is 1. The van der Waals surface area contributed by atoms with E-state index in [0.717, 1.165) is 17.8 Å². The number of aliphatic hydroxyl groups excluding tert-OH is 1. The van der Waals surface area contributed by atoms with E-state index < -0.39 is 45.5 Å². The molecule has 15 heteroatoms. The number of hydrogen-bond acceptors (Lipinski definition) is 12. The van der Waals surface area contributed by atoms with Crippen LogP contribution in [0.3, 0.4) is 0 Å². The molecule has 5 atom stereocenters. The molecule has 0 bridgehead atoms. The maximum atomic E-state index is 11.5. The predicted octanol–water partition coefficient (Wildman–Crippen LogP) is 2.35. The van der Waals surface area contributed by atoms with Gasteiger partial charge in [-0.05, 0) is 19.9 Å². The molecule has 14 nitrogen and oxygen atoms in total. The number of aliphatic hydroxyl groups is 1. The Balaban J connectivity index is 1.44. The molecule has 34 heavy (non-hydrogen) atoms. The minimum atomic E-state index is -0.840. The smallest absolute Gasteiger partial charge is 0.289 e. The molecule has 0 radical (unpaired) electrons. The molecule has 2 fully saturated rings. The Morgan fingerprint density at radius 2 is 2.00 bits per heavy atom. The molecule has 3 aliphatic heterocycles. The Morgan fingerprint density at radius 3 is 2.71 bits per heavy atom. The average molecular weight is 492 g/mol. The molecule has 1 aromatic carbocycles. The Kier molecular flexibility index (Phi) is 5.52. The number of fused-ring (bicyclic) bond motifs is 2. The van der Waals surface area contributed by atoms with Crippen molar-refractivity contribution in [3.63, 3.8) is 0 Å². The van der Waals surface area contributed by atoms with Crippen molar-refractivity contribution in [2.75, 3.05) is 11.9 Å². The van der Waals surface area contributed by atoms with Gasteiger partial charge in [0.25, 0.3) is 11.4 Å². The second-order valence-electron chi connectivity index (χ2n) is 8.26. The number of thioether (sulfide) groups is 1. The van der Waals surface area contributed by atoms with Gasteiger partial charge in [-0.3, -0.25) is 29.8 Å². The van der Waals surface area contributed by atoms with Crippen LogP contribution in [0.25, 0.3) is 0 Å². The minimum absolute atomic E-state index is 0.215. The molecule has 2 N–H and O–H groups in total. The number of aliphatic imine (C=N–C) groups is 1. The van der Waals surface area contributed by atoms with E-state index in [-0.39, 0.29) is 22.9 Å². The van der Waals surface area contributed by atoms with Gasteiger partial charge >= 0.3 is 0 Å². The van der Waals surface area contributed by atoms with Crippen molar-refractivity contribution in [3.05, 3.63) is 50.4 Å². The number of aromatic nitrogens is 2. The third-order valence-corrected chi connectivity index (χ3v) is 6.80. The highest BCUT2D eigenvalue weighted by molar-refractivity contribution is 7.99. The summed E-state index contributed by atoms with van der Waals surface area (Å²) in [6.07, 6.45) is 0.807. The van der Waals surface area contributed by atoms with Crippen molar-refractivity contribution < 1.29 is 29.2 Å². The number of ether oxygens (including phenoxy) is 3. The van der Waals surface area contributed by atoms with E-state index in [1.165, 1.54) is 18.5 Å². The van der Waals surface area contributed by atoms with Gasteiger partial charge in [-0.2, -0.15) is 0 Å². The first-order chi connectivity index (χ1) is 16.2. The van der Waals surface area contributed by atoms with Crippen LogP contribution in [0, 0.1) is 20.2 Å². The number of nitrogens with zero attached hydrogens (tertiary/aromatic N) is 5. The van der Waals surface area contributed by atoms with E-state index in [4.69, 9.17) is 14.2 Å². The fourth-order valence-corrected chi connectivity index (χ4v) is 5.28. The molecular formula is C19H20N6O8S. The first kappa shape index (κ1) is 22.7. The molecule has 0 aliphatic carbocycles. The van der Waals surface area contributed by atoms with Gasteiger partial charge in [-0.25, -0.2) is 4.98 Å². The van der Waals surface area contributed by atoms with E-state index >= 15 is 0 Å². The summed E-state index contributed by atoms with van der Waals surface area (Å²) in [5.41, 5.74) is -0.269. The second kappa shape index (κ2) is 8.28. The number of nitro groups is 2. The molecule has 1 aromatic heterocycles. The van der Waals surface area contributed by atoms with Gasteiger partial charge in [0.2, 0.25) is 0 Å². The zero-order valence-electron chi connectivity index (χ0n) is 17.9. The van der Waals surface area contributed by atoms with Gasteiger partial charge in [0, 0.05) is 6.07 Å². The molecule has 3 aliphatic rings. The number of imidazole rings is 1. The van der Waals surface area contributed by atoms with Crippen LogP contribution in [0.2, 0.25) is 0 Å². The average Bonchev–Trinajstić information content (AvgIpc) is 3.44. The predicted molar refractivity (Wildman–Crippen MR) is 118 cm³/mol. The van der Waals surface area contributed by atoms with Gasteiger partial charge in [-0.15, -0.1) is 0 Å². The first-order valence-corrected chi connectivity index (χ1v) is 11.1. The fourth-order valence-electron chi connectivity index (χ4n) is 4.23. The van der Waals surface area contributed by atoms with Crippen LogP contribution >= 0.6 is 11.8 Å². The number of nitro benzene ring substituents is 2. The van der Waals surface area contributed by atoms with Crippen molar-refractivity contribution >= 4 is 35.3 Å². The molecule has 0 amide bonds. The summed E-state index contributed by atoms with van der Waals surface area (Å²) in [5, 5.41) is 34.7. The second-order valence-corrected chi connectivity index (χ2v) is 9.38. The van der Waals surface area contributed by atoms with Crippen LogP contribution in [-0.4, -0.2) is 61.5 Å². The molecule has 1 unspecified atom stereocenters. The fraction of sp³-hybridized carbons (Fsp3) is 0.474. The number of rotatable bonds is 6. The molecule has 5 rings (SSSR count). The maximum absolute atomic E-state index is 11.5. The topological polar surface area (TPSA) is 176 Å². The van der Waals surface area contributed by atoms with Crippen LogP contribution in [0.1, 0.15) is 31.1 Å². The summed E-state index contributed by atoms with van der Waals surface area (Å²) in [7, 11) is 0. The standard InChI is InChI=1S/C19H20N6O8S/c1-19(2)32-14-11(6-26)31-18(15(14)33-19)23-8-22-13-16(23)20-7-21-17(13)34-12-4-3-9(24(27)28)5-10(12)25(29)30/h3-5,7-8,11,14-15,17-18,26H,6H2,1-2H3,(H,20,21)/t11-,14-,15-,17?,18-/m1/s1. The Bertz CT molecular complexity index is 1190. The lowest BCUT2D eigenvalue weighted by molar-refractivity contribution is -0.396. The van der Waals surface area contributed by atoms with Crippen LogP contribution in [0.15, 0.2) is 34.4 Å². The summed E-state index contributed by atoms with van der Waals surface area (Å²) in [6, 6.07) is 3.46. The Morgan fingerprint density at radius 1 is 1.24 bits per heavy atom. The Labute approximate surface area is 196 Å². The molecule has 4 heterocycles. The van der Waals surface area contributed by atoms with Crippen molar-refractivity contribution in [3.8, 4) is 0 Å². The molecule has 2 saturated heterocycles.